The van der Waals surface area contributed by atoms with Crippen molar-refractivity contribution in [3.05, 3.63) is 0 Å². The Morgan fingerprint density at radius 2 is 2.05 bits per heavy atom. The maximum Gasteiger partial charge on any atom is 0.250 e. The minimum absolute atomic E-state index is 0.0856. The molecule has 1 heterocycles. The molecule has 2 aliphatic rings. The van der Waals surface area contributed by atoms with Gasteiger partial charge in [0.05, 0.1) is 12.6 Å². The van der Waals surface area contributed by atoms with Gasteiger partial charge in [0, 0.05) is 25.7 Å². The Morgan fingerprint density at radius 3 is 2.58 bits per heavy atom. The molecule has 3 unspecified atom stereocenters. The number of nitrogens with one attached hydrogen (secondary N) is 1. The number of nitrogens with zero attached hydrogens (tertiary/aromatic N) is 1. The SMILES string of the molecule is CC(O)C1CC(NCC(F)F)CN(CC2CCC2)C1. The molecule has 3 atom stereocenters. The first-order valence-electron chi connectivity index (χ1n) is 7.46. The minimum Gasteiger partial charge on any atom is -0.393 e. The Morgan fingerprint density at radius 1 is 1.32 bits per heavy atom. The number of aliphatic hydroxyl groups excluding tert-OH is 1. The van der Waals surface area contributed by atoms with Crippen LogP contribution in [-0.2, 0) is 0 Å². The fraction of sp³-hybridized carbons (Fsp3) is 1.00. The fourth-order valence-corrected chi connectivity index (χ4v) is 3.18. The van der Waals surface area contributed by atoms with Crippen LogP contribution in [0.4, 0.5) is 8.78 Å². The minimum atomic E-state index is -2.30. The molecule has 0 bridgehead atoms. The van der Waals surface area contributed by atoms with Gasteiger partial charge in [-0.25, -0.2) is 8.78 Å². The lowest BCUT2D eigenvalue weighted by molar-refractivity contribution is 0.0313. The van der Waals surface area contributed by atoms with Gasteiger partial charge in [-0.15, -0.1) is 0 Å². The van der Waals surface area contributed by atoms with Crippen molar-refractivity contribution in [2.24, 2.45) is 11.8 Å². The van der Waals surface area contributed by atoms with Crippen LogP contribution in [0.3, 0.4) is 0 Å². The van der Waals surface area contributed by atoms with Crippen molar-refractivity contribution in [2.75, 3.05) is 26.2 Å². The zero-order chi connectivity index (χ0) is 13.8. The molecule has 2 rings (SSSR count). The molecule has 1 saturated heterocycles. The van der Waals surface area contributed by atoms with Crippen LogP contribution in [-0.4, -0.2) is 54.8 Å². The van der Waals surface area contributed by atoms with E-state index in [2.05, 4.69) is 10.2 Å². The molecule has 3 nitrogen and oxygen atoms in total. The molecule has 0 radical (unpaired) electrons. The van der Waals surface area contributed by atoms with Crippen molar-refractivity contribution in [3.63, 3.8) is 0 Å². The third kappa shape index (κ3) is 4.65. The summed E-state index contributed by atoms with van der Waals surface area (Å²) in [5.41, 5.74) is 0. The number of rotatable bonds is 6. The number of piperidine rings is 1. The summed E-state index contributed by atoms with van der Waals surface area (Å²) >= 11 is 0. The first kappa shape index (κ1) is 15.1. The van der Waals surface area contributed by atoms with Crippen molar-refractivity contribution in [1.82, 2.24) is 10.2 Å². The molecule has 1 aliphatic carbocycles. The maximum absolute atomic E-state index is 12.3. The van der Waals surface area contributed by atoms with E-state index in [1.54, 1.807) is 0 Å². The van der Waals surface area contributed by atoms with Crippen molar-refractivity contribution < 1.29 is 13.9 Å². The molecule has 2 fully saturated rings. The van der Waals surface area contributed by atoms with Gasteiger partial charge in [-0.2, -0.15) is 0 Å². The lowest BCUT2D eigenvalue weighted by Crippen LogP contribution is -2.53. The molecule has 19 heavy (non-hydrogen) atoms. The zero-order valence-electron chi connectivity index (χ0n) is 11.7. The van der Waals surface area contributed by atoms with Gasteiger partial charge in [-0.1, -0.05) is 6.42 Å². The van der Waals surface area contributed by atoms with Gasteiger partial charge in [0.2, 0.25) is 0 Å². The van der Waals surface area contributed by atoms with Gasteiger partial charge < -0.3 is 15.3 Å². The highest BCUT2D eigenvalue weighted by atomic mass is 19.3. The van der Waals surface area contributed by atoms with E-state index < -0.39 is 6.43 Å². The molecule has 1 saturated carbocycles. The predicted octanol–water partition coefficient (Wildman–Crippen LogP) is 1.71. The van der Waals surface area contributed by atoms with Gasteiger partial charge in [0.15, 0.2) is 0 Å². The van der Waals surface area contributed by atoms with Crippen LogP contribution >= 0.6 is 0 Å². The molecule has 0 spiro atoms. The second-order valence-electron chi connectivity index (χ2n) is 6.25. The van der Waals surface area contributed by atoms with E-state index in [4.69, 9.17) is 0 Å². The third-order valence-corrected chi connectivity index (χ3v) is 4.54. The van der Waals surface area contributed by atoms with Crippen molar-refractivity contribution in [1.29, 1.82) is 0 Å². The average Bonchev–Trinajstić information content (AvgIpc) is 2.31. The predicted molar refractivity (Wildman–Crippen MR) is 71.4 cm³/mol. The molecule has 0 aromatic rings. The quantitative estimate of drug-likeness (QED) is 0.775. The van der Waals surface area contributed by atoms with Gasteiger partial charge in [-0.3, -0.25) is 0 Å². The van der Waals surface area contributed by atoms with E-state index in [1.165, 1.54) is 19.3 Å². The van der Waals surface area contributed by atoms with E-state index in [0.717, 1.165) is 32.0 Å². The molecular weight excluding hydrogens is 250 g/mol. The fourth-order valence-electron chi connectivity index (χ4n) is 3.18. The monoisotopic (exact) mass is 276 g/mol. The van der Waals surface area contributed by atoms with Gasteiger partial charge in [0.25, 0.3) is 6.43 Å². The van der Waals surface area contributed by atoms with Gasteiger partial charge in [-0.05, 0) is 38.0 Å². The third-order valence-electron chi connectivity index (χ3n) is 4.54. The number of aliphatic hydroxyl groups is 1. The summed E-state index contributed by atoms with van der Waals surface area (Å²) in [4.78, 5) is 2.36. The summed E-state index contributed by atoms with van der Waals surface area (Å²) < 4.78 is 24.6. The number of alkyl halides is 2. The van der Waals surface area contributed by atoms with Crippen LogP contribution in [0.15, 0.2) is 0 Å². The summed E-state index contributed by atoms with van der Waals surface area (Å²) in [7, 11) is 0. The molecule has 1 aliphatic heterocycles. The molecule has 5 heteroatoms. The van der Waals surface area contributed by atoms with Gasteiger partial charge >= 0.3 is 0 Å². The second kappa shape index (κ2) is 6.95. The Hall–Kier alpha value is -0.260. The zero-order valence-corrected chi connectivity index (χ0v) is 11.7. The Bertz CT molecular complexity index is 272. The lowest BCUT2D eigenvalue weighted by atomic mass is 9.83. The second-order valence-corrected chi connectivity index (χ2v) is 6.25. The normalized spacial score (nSPS) is 31.4. The summed E-state index contributed by atoms with van der Waals surface area (Å²) in [5, 5.41) is 12.7. The van der Waals surface area contributed by atoms with Crippen LogP contribution < -0.4 is 5.32 Å². The first-order chi connectivity index (χ1) is 9.04. The summed E-state index contributed by atoms with van der Waals surface area (Å²) in [6.07, 6.45) is 2.06. The highest BCUT2D eigenvalue weighted by molar-refractivity contribution is 4.87. The largest absolute Gasteiger partial charge is 0.393 e. The van der Waals surface area contributed by atoms with E-state index in [-0.39, 0.29) is 24.6 Å². The number of hydrogen-bond donors (Lipinski definition) is 2. The van der Waals surface area contributed by atoms with Crippen LogP contribution in [0, 0.1) is 11.8 Å². The topological polar surface area (TPSA) is 35.5 Å². The van der Waals surface area contributed by atoms with Crippen molar-refractivity contribution >= 4 is 0 Å². The lowest BCUT2D eigenvalue weighted by Gasteiger charge is -2.42. The summed E-state index contributed by atoms with van der Waals surface area (Å²) in [6.45, 7) is 4.37. The number of halogens is 2. The van der Waals surface area contributed by atoms with E-state index >= 15 is 0 Å². The first-order valence-corrected chi connectivity index (χ1v) is 7.46. The summed E-state index contributed by atoms with van der Waals surface area (Å²) in [6, 6.07) is 0.0856. The maximum atomic E-state index is 12.3. The molecule has 0 amide bonds. The van der Waals surface area contributed by atoms with Crippen LogP contribution in [0.5, 0.6) is 0 Å². The number of hydrogen-bond acceptors (Lipinski definition) is 3. The van der Waals surface area contributed by atoms with E-state index in [0.29, 0.717) is 0 Å². The number of likely N-dealkylation sites (tertiary alicyclic amines) is 1. The van der Waals surface area contributed by atoms with Crippen molar-refractivity contribution in [2.45, 2.75) is 51.2 Å². The Labute approximate surface area is 114 Å². The molecular formula is C14H26F2N2O. The van der Waals surface area contributed by atoms with E-state index in [9.17, 15) is 13.9 Å². The molecule has 0 aromatic heterocycles. The highest BCUT2D eigenvalue weighted by Crippen LogP contribution is 2.29. The molecule has 2 N–H and O–H groups in total. The van der Waals surface area contributed by atoms with Crippen LogP contribution in [0.25, 0.3) is 0 Å². The Balaban J connectivity index is 1.84. The summed E-state index contributed by atoms with van der Waals surface area (Å²) in [5.74, 6) is 0.979. The van der Waals surface area contributed by atoms with Gasteiger partial charge in [0.1, 0.15) is 0 Å². The van der Waals surface area contributed by atoms with Crippen LogP contribution in [0.2, 0.25) is 0 Å². The standard InChI is InChI=1S/C14H26F2N2O/c1-10(19)12-5-13(17-6-14(15)16)9-18(8-12)7-11-3-2-4-11/h10-14,17,19H,2-9H2,1H3. The Kier molecular flexibility index (Phi) is 5.54. The van der Waals surface area contributed by atoms with Crippen molar-refractivity contribution in [3.8, 4) is 0 Å². The van der Waals surface area contributed by atoms with E-state index in [1.807, 2.05) is 6.92 Å². The molecule has 112 valence electrons. The van der Waals surface area contributed by atoms with Crippen LogP contribution in [0.1, 0.15) is 32.6 Å². The average molecular weight is 276 g/mol. The highest BCUT2D eigenvalue weighted by Gasteiger charge is 2.32. The molecule has 0 aromatic carbocycles. The smallest absolute Gasteiger partial charge is 0.250 e.